The van der Waals surface area contributed by atoms with Crippen molar-refractivity contribution in [1.82, 2.24) is 0 Å². The molecule has 0 fully saturated rings. The van der Waals surface area contributed by atoms with Crippen LogP contribution in [0.1, 0.15) is 171 Å². The van der Waals surface area contributed by atoms with Gasteiger partial charge in [-0.15, -0.1) is 0 Å². The van der Waals surface area contributed by atoms with E-state index in [1.54, 1.807) is 31.2 Å². The molecule has 36 heteroatoms. The van der Waals surface area contributed by atoms with Crippen LogP contribution < -0.4 is 28.4 Å². The van der Waals surface area contributed by atoms with Crippen LogP contribution in [0.25, 0.3) is 0 Å². The zero-order valence-electron chi connectivity index (χ0n) is 64.5. The Labute approximate surface area is 653 Å². The Bertz CT molecular complexity index is 3770. The molecule has 0 saturated heterocycles. The maximum atomic E-state index is 12.4. The SMILES string of the molecule is CC(C)Oc1ccc(C(=O)OOC(=O)OCCC(CCOC(=O)OOC(=O)c2ccc(OC(C)C)cc2)COC(=O)OOC(=O)c2ccc(OC(C)C)cc2)cc1.CCC(COC(=O)OOC(=O)c1ccc(OC(C)C)cc1)(COC(=O)OOC(=O)c1ccc(OC(C)C)cc1)COC(=O)OOC(=O)c1ccc(OC(C)C)cc1. The lowest BCUT2D eigenvalue weighted by Gasteiger charge is -2.29. The molecule has 0 bridgehead atoms. The molecule has 0 heterocycles. The van der Waals surface area contributed by atoms with E-state index in [9.17, 15) is 57.5 Å². The summed E-state index contributed by atoms with van der Waals surface area (Å²) in [6, 6.07) is 35.1. The molecule has 0 saturated carbocycles. The van der Waals surface area contributed by atoms with Gasteiger partial charge >= 0.3 is 72.7 Å². The second kappa shape index (κ2) is 47.6. The maximum absolute atomic E-state index is 12.4. The largest absolute Gasteiger partial charge is 0.549 e. The molecule has 0 aliphatic heterocycles. The van der Waals surface area contributed by atoms with Gasteiger partial charge in [0.25, 0.3) is 0 Å². The Morgan fingerprint density at radius 2 is 0.421 bits per heavy atom. The van der Waals surface area contributed by atoms with Gasteiger partial charge in [-0.05, 0) is 254 Å². The van der Waals surface area contributed by atoms with Gasteiger partial charge in [0.1, 0.15) is 54.3 Å². The molecule has 0 aliphatic carbocycles. The first-order chi connectivity index (χ1) is 54.2. The van der Waals surface area contributed by atoms with E-state index in [2.05, 4.69) is 58.7 Å². The highest BCUT2D eigenvalue weighted by Crippen LogP contribution is 2.27. The molecule has 0 aromatic heterocycles. The van der Waals surface area contributed by atoms with Crippen molar-refractivity contribution in [2.45, 2.75) is 146 Å². The quantitative estimate of drug-likeness (QED) is 0.0160. The lowest BCUT2D eigenvalue weighted by Crippen LogP contribution is -2.39. The molecule has 6 rings (SSSR count). The molecule has 616 valence electrons. The van der Waals surface area contributed by atoms with Gasteiger partial charge in [0.15, 0.2) is 0 Å². The lowest BCUT2D eigenvalue weighted by atomic mass is 9.88. The first-order valence-corrected chi connectivity index (χ1v) is 35.2. The Hall–Kier alpha value is -13.4. The van der Waals surface area contributed by atoms with Crippen molar-refractivity contribution < 1.29 is 173 Å². The summed E-state index contributed by atoms with van der Waals surface area (Å²) in [4.78, 5) is 202. The molecule has 0 N–H and O–H groups in total. The number of hydrogen-bond donors (Lipinski definition) is 0. The fourth-order valence-electron chi connectivity index (χ4n) is 8.70. The Morgan fingerprint density at radius 3 is 0.596 bits per heavy atom. The molecular formula is C78H88O36. The van der Waals surface area contributed by atoms with Crippen molar-refractivity contribution in [3.63, 3.8) is 0 Å². The van der Waals surface area contributed by atoms with E-state index in [1.807, 2.05) is 83.1 Å². The number of benzene rings is 6. The average Bonchev–Trinajstić information content (AvgIpc) is 0.673. The molecule has 0 spiro atoms. The second-order valence-electron chi connectivity index (χ2n) is 25.5. The molecule has 114 heavy (non-hydrogen) atoms. The van der Waals surface area contributed by atoms with E-state index in [0.29, 0.717) is 34.5 Å². The Kier molecular flexibility index (Phi) is 38.1. The third kappa shape index (κ3) is 35.5. The van der Waals surface area contributed by atoms with E-state index >= 15 is 0 Å². The lowest BCUT2D eigenvalue weighted by molar-refractivity contribution is -0.217. The van der Waals surface area contributed by atoms with Gasteiger partial charge in [-0.1, -0.05) is 6.92 Å². The van der Waals surface area contributed by atoms with Crippen LogP contribution in [0.2, 0.25) is 0 Å². The summed E-state index contributed by atoms with van der Waals surface area (Å²) in [6.45, 7) is 20.4. The van der Waals surface area contributed by atoms with Gasteiger partial charge in [0.05, 0.1) is 95.2 Å². The van der Waals surface area contributed by atoms with Crippen LogP contribution in [0.15, 0.2) is 146 Å². The van der Waals surface area contributed by atoms with Crippen molar-refractivity contribution in [2.75, 3.05) is 39.6 Å². The predicted octanol–water partition coefficient (Wildman–Crippen LogP) is 15.0. The molecule has 0 unspecified atom stereocenters. The molecule has 0 amide bonds. The van der Waals surface area contributed by atoms with Gasteiger partial charge in [-0.25, -0.2) is 87.4 Å². The van der Waals surface area contributed by atoms with Crippen molar-refractivity contribution in [3.8, 4) is 34.5 Å². The highest BCUT2D eigenvalue weighted by atomic mass is 17.3. The zero-order valence-corrected chi connectivity index (χ0v) is 64.5. The predicted molar refractivity (Wildman–Crippen MR) is 386 cm³/mol. The van der Waals surface area contributed by atoms with Gasteiger partial charge in [0.2, 0.25) is 0 Å². The minimum absolute atomic E-state index is 0.0244. The highest BCUT2D eigenvalue weighted by Gasteiger charge is 2.37. The van der Waals surface area contributed by atoms with Gasteiger partial charge in [-0.2, -0.15) is 28.8 Å². The number of carbonyl (C=O) groups is 12. The third-order valence-electron chi connectivity index (χ3n) is 14.1. The van der Waals surface area contributed by atoms with E-state index in [4.69, 9.17) is 56.8 Å². The monoisotopic (exact) mass is 1600 g/mol. The van der Waals surface area contributed by atoms with Crippen molar-refractivity contribution in [1.29, 1.82) is 0 Å². The van der Waals surface area contributed by atoms with Gasteiger partial charge < -0.3 is 56.8 Å². The summed E-state index contributed by atoms with van der Waals surface area (Å²) in [7, 11) is 0. The van der Waals surface area contributed by atoms with Crippen LogP contribution >= 0.6 is 0 Å². The highest BCUT2D eigenvalue weighted by molar-refractivity contribution is 5.92. The molecule has 0 atom stereocenters. The summed E-state index contributed by atoms with van der Waals surface area (Å²) in [5.74, 6) is -3.70. The summed E-state index contributed by atoms with van der Waals surface area (Å²) < 4.78 is 63.2. The van der Waals surface area contributed by atoms with E-state index in [-0.39, 0.29) is 102 Å². The normalized spacial score (nSPS) is 10.7. The third-order valence-corrected chi connectivity index (χ3v) is 14.1. The second-order valence-corrected chi connectivity index (χ2v) is 25.5. The summed E-state index contributed by atoms with van der Waals surface area (Å²) >= 11 is 0. The topological polar surface area (TPSA) is 426 Å². The molecule has 0 aliphatic rings. The zero-order chi connectivity index (χ0) is 83.7. The minimum atomic E-state index is -1.56. The van der Waals surface area contributed by atoms with Crippen LogP contribution in [0, 0.1) is 11.3 Å². The molecule has 0 radical (unpaired) electrons. The van der Waals surface area contributed by atoms with Crippen LogP contribution in [0.3, 0.4) is 0 Å². The minimum Gasteiger partial charge on any atom is -0.491 e. The van der Waals surface area contributed by atoms with Gasteiger partial charge in [0, 0.05) is 0 Å². The first-order valence-electron chi connectivity index (χ1n) is 35.2. The van der Waals surface area contributed by atoms with E-state index < -0.39 is 111 Å². The number of carbonyl (C=O) groups excluding carboxylic acids is 12. The van der Waals surface area contributed by atoms with Crippen LogP contribution in [0.4, 0.5) is 28.8 Å². The Balaban J connectivity index is 0.000000407. The molecule has 6 aromatic rings. The smallest absolute Gasteiger partial charge is 0.491 e. The standard InChI is InChI=1S/2C39H44O18/c1-24(2)49-31-13-7-28(8-14-31)34(40)52-55-37(43)46-21-19-27(23-48-39(45)57-54-36(42)30-11-17-33(18-12-30)51-26(5)6)20-22-47-38(44)56-53-35(41)29-9-15-32(16-10-29)50-25(3)4;1-8-39(21-46-36(43)55-52-33(40)27-9-15-30(16-10-27)49-24(2)3,22-47-37(44)56-53-34(41)28-11-17-31(18-12-28)50-25(4)5)23-48-38(45)57-54-35(42)29-13-19-32(20-14-29)51-26(6)7/h7-18,24-27H,19-23H2,1-6H3;9-20,24-26H,8,21-23H2,1-7H3. The summed E-state index contributed by atoms with van der Waals surface area (Å²) in [5, 5.41) is 0. The van der Waals surface area contributed by atoms with Crippen molar-refractivity contribution >= 4 is 72.7 Å². The van der Waals surface area contributed by atoms with Gasteiger partial charge in [-0.3, -0.25) is 0 Å². The summed E-state index contributed by atoms with van der Waals surface area (Å²) in [5.41, 5.74) is -1.28. The Morgan fingerprint density at radius 1 is 0.246 bits per heavy atom. The summed E-state index contributed by atoms with van der Waals surface area (Å²) in [6.07, 6.45) is -9.22. The number of rotatable bonds is 33. The fraction of sp³-hybridized carbons (Fsp3) is 0.385. The van der Waals surface area contributed by atoms with Crippen LogP contribution in [0.5, 0.6) is 34.5 Å². The van der Waals surface area contributed by atoms with Crippen molar-refractivity contribution in [3.05, 3.63) is 179 Å². The van der Waals surface area contributed by atoms with Crippen molar-refractivity contribution in [2.24, 2.45) is 11.3 Å². The van der Waals surface area contributed by atoms with E-state index in [1.165, 1.54) is 121 Å². The fourth-order valence-corrected chi connectivity index (χ4v) is 8.70. The van der Waals surface area contributed by atoms with Crippen LogP contribution in [-0.2, 0) is 87.1 Å². The number of hydrogen-bond acceptors (Lipinski definition) is 36. The average molecular weight is 1600 g/mol. The van der Waals surface area contributed by atoms with E-state index in [0.717, 1.165) is 0 Å². The molecule has 6 aromatic carbocycles. The maximum Gasteiger partial charge on any atom is 0.549 e. The number of ether oxygens (including phenoxy) is 12. The van der Waals surface area contributed by atoms with Crippen LogP contribution in [-0.4, -0.2) is 149 Å². The molecular weight excluding hydrogens is 1510 g/mol. The first kappa shape index (κ1) is 91.2. The molecule has 36 nitrogen and oxygen atoms in total.